The van der Waals surface area contributed by atoms with E-state index in [4.69, 9.17) is 29.0 Å². The molecule has 4 rings (SSSR count). The number of ketones is 1. The fourth-order valence-electron chi connectivity index (χ4n) is 6.55. The molecular weight excluding hydrogens is 995 g/mol. The van der Waals surface area contributed by atoms with Gasteiger partial charge < -0.3 is 70.6 Å². The molecule has 2 saturated heterocycles. The summed E-state index contributed by atoms with van der Waals surface area (Å²) < 4.78 is 73.5. The molecule has 2 amide bonds. The predicted molar refractivity (Wildman–Crippen MR) is 232 cm³/mol. The maximum Gasteiger partial charge on any atom is 0.481 e. The number of phosphoric acid groups is 3. The van der Waals surface area contributed by atoms with Gasteiger partial charge in [0.25, 0.3) is 0 Å². The Hall–Kier alpha value is -2.93. The molecule has 68 heavy (non-hydrogen) atoms. The van der Waals surface area contributed by atoms with Crippen LogP contribution in [0.1, 0.15) is 72.4 Å². The maximum absolute atomic E-state index is 12.7. The van der Waals surface area contributed by atoms with Gasteiger partial charge in [0, 0.05) is 43.5 Å². The number of imidazole rings is 1. The number of hydrogen-bond donors (Lipinski definition) is 11. The van der Waals surface area contributed by atoms with Gasteiger partial charge in [-0.2, -0.15) is 4.31 Å². The summed E-state index contributed by atoms with van der Waals surface area (Å²) in [7, 11) is -16.5. The number of aliphatic hydroxyl groups excluding tert-OH is 4. The van der Waals surface area contributed by atoms with Crippen LogP contribution in [0.4, 0.5) is 5.82 Å². The molecule has 0 aliphatic carbocycles. The number of hydrogen-bond acceptors (Lipinski definition) is 23. The van der Waals surface area contributed by atoms with Crippen LogP contribution in [-0.4, -0.2) is 169 Å². The van der Waals surface area contributed by atoms with Crippen molar-refractivity contribution in [1.82, 2.24) is 30.2 Å². The van der Waals surface area contributed by atoms with E-state index in [0.29, 0.717) is 12.8 Å². The third-order valence-electron chi connectivity index (χ3n) is 10.2. The normalized spacial score (nSPS) is 26.1. The van der Waals surface area contributed by atoms with Crippen LogP contribution >= 0.6 is 35.2 Å². The number of fused-ring (bicyclic) bond motifs is 1. The third-order valence-corrected chi connectivity index (χ3v) is 14.2. The first-order chi connectivity index (χ1) is 31.6. The average molecular weight is 1050 g/mol. The van der Waals surface area contributed by atoms with Gasteiger partial charge in [0.05, 0.1) is 44.3 Å². The second-order valence-corrected chi connectivity index (χ2v) is 21.8. The van der Waals surface area contributed by atoms with Crippen LogP contribution in [0.3, 0.4) is 0 Å². The smallest absolute Gasteiger partial charge is 0.390 e. The number of nitrogens with two attached hydrogens (primary N) is 1. The van der Waals surface area contributed by atoms with Crippen molar-refractivity contribution >= 4 is 74.9 Å². The Balaban J connectivity index is 1.12. The number of nitrogens with zero attached hydrogens (tertiary/aromatic N) is 4. The minimum absolute atomic E-state index is 0.0155. The predicted octanol–water partition coefficient (Wildman–Crippen LogP) is -0.944. The molecule has 12 atom stereocenters. The lowest BCUT2D eigenvalue weighted by atomic mass is 9.87. The molecule has 33 heteroatoms. The second kappa shape index (κ2) is 24.9. The van der Waals surface area contributed by atoms with Crippen LogP contribution in [0.15, 0.2) is 12.7 Å². The minimum Gasteiger partial charge on any atom is -0.390 e. The molecule has 0 bridgehead atoms. The summed E-state index contributed by atoms with van der Waals surface area (Å²) in [6, 6.07) is 0. The van der Waals surface area contributed by atoms with Gasteiger partial charge in [-0.15, -0.1) is 0 Å². The van der Waals surface area contributed by atoms with E-state index in [9.17, 15) is 72.9 Å². The van der Waals surface area contributed by atoms with Crippen molar-refractivity contribution in [2.24, 2.45) is 5.41 Å². The molecule has 2 aliphatic heterocycles. The molecule has 2 aromatic heterocycles. The Bertz CT molecular complexity index is 2200. The van der Waals surface area contributed by atoms with E-state index in [1.54, 1.807) is 13.8 Å². The van der Waals surface area contributed by atoms with E-state index in [1.807, 2.05) is 0 Å². The lowest BCUT2D eigenvalue weighted by Gasteiger charge is -2.36. The van der Waals surface area contributed by atoms with Gasteiger partial charge in [0.1, 0.15) is 48.1 Å². The zero-order chi connectivity index (χ0) is 50.8. The van der Waals surface area contributed by atoms with Crippen molar-refractivity contribution in [3.05, 3.63) is 12.7 Å². The van der Waals surface area contributed by atoms with Crippen LogP contribution < -0.4 is 16.4 Å². The summed E-state index contributed by atoms with van der Waals surface area (Å²) in [6.07, 6.45) is -9.84. The summed E-state index contributed by atoms with van der Waals surface area (Å²) in [4.78, 5) is 101. The standard InChI is InChI=1S/C35H58N7O22P3S/c1-18(60-34-22(45)13-21(44)19(2)61-34)6-5-7-20(43)12-25(47)68-11-10-37-24(46)8-9-38-32(50)29(49)35(3,4)15-59-67(56,57)64-66(54,55)58-14-23-28(63-65(51,52)53)27(48)33(62-23)42-17-41-26-30(36)39-16-40-31(26)42/h16-19,21-23,27-29,33-34,44-45,48-49H,5-15H2,1-4H3,(H,37,46)(H,38,50)(H,54,55)(H,56,57)(H2,36,39,40)(H2,51,52,53)/t18-,19+,21-,22-,23-,27-,28-,29+,33-,34-/m1/s1. The number of Topliss-reactive ketones (excluding diaryl/α,β-unsaturated/α-hetero) is 1. The van der Waals surface area contributed by atoms with Gasteiger partial charge in [-0.25, -0.2) is 28.6 Å². The van der Waals surface area contributed by atoms with Gasteiger partial charge in [0.2, 0.25) is 11.8 Å². The number of carbonyl (C=O) groups excluding carboxylic acids is 4. The minimum atomic E-state index is -5.61. The second-order valence-electron chi connectivity index (χ2n) is 16.4. The fraction of sp³-hybridized carbons (Fsp3) is 0.743. The largest absolute Gasteiger partial charge is 0.481 e. The fourth-order valence-corrected chi connectivity index (χ4v) is 10.1. The lowest BCUT2D eigenvalue weighted by Crippen LogP contribution is -2.48. The van der Waals surface area contributed by atoms with E-state index in [-0.39, 0.29) is 73.4 Å². The highest BCUT2D eigenvalue weighted by molar-refractivity contribution is 8.13. The highest BCUT2D eigenvalue weighted by Crippen LogP contribution is 2.61. The maximum atomic E-state index is 12.7. The Morgan fingerprint density at radius 2 is 1.68 bits per heavy atom. The van der Waals surface area contributed by atoms with Crippen molar-refractivity contribution in [3.8, 4) is 0 Å². The number of phosphoric ester groups is 3. The average Bonchev–Trinajstić information content (AvgIpc) is 3.79. The number of aromatic nitrogens is 4. The first-order valence-corrected chi connectivity index (χ1v) is 26.3. The summed E-state index contributed by atoms with van der Waals surface area (Å²) in [5.74, 6) is -1.73. The Morgan fingerprint density at radius 1 is 0.985 bits per heavy atom. The molecule has 2 aliphatic rings. The quantitative estimate of drug-likeness (QED) is 0.0292. The van der Waals surface area contributed by atoms with Crippen LogP contribution in [0.25, 0.3) is 11.2 Å². The highest BCUT2D eigenvalue weighted by atomic mass is 32.2. The summed E-state index contributed by atoms with van der Waals surface area (Å²) in [6.45, 7) is 3.58. The van der Waals surface area contributed by atoms with Crippen molar-refractivity contribution in [2.75, 3.05) is 37.8 Å². The summed E-state index contributed by atoms with van der Waals surface area (Å²) in [5.41, 5.74) is 4.19. The van der Waals surface area contributed by atoms with Crippen LogP contribution in [-0.2, 0) is 65.0 Å². The first-order valence-electron chi connectivity index (χ1n) is 20.8. The molecule has 0 saturated carbocycles. The molecule has 0 radical (unpaired) electrons. The van der Waals surface area contributed by atoms with Gasteiger partial charge in [-0.3, -0.25) is 37.3 Å². The molecular formula is C35H58N7O22P3S. The van der Waals surface area contributed by atoms with E-state index in [2.05, 4.69) is 34.4 Å². The first kappa shape index (κ1) is 57.6. The number of nitrogen functional groups attached to an aromatic ring is 1. The van der Waals surface area contributed by atoms with E-state index in [0.717, 1.165) is 29.0 Å². The van der Waals surface area contributed by atoms with Gasteiger partial charge in [0.15, 0.2) is 29.1 Å². The number of ether oxygens (including phenoxy) is 3. The Labute approximate surface area is 392 Å². The molecule has 0 aromatic carbocycles. The summed E-state index contributed by atoms with van der Waals surface area (Å²) >= 11 is 0.852. The molecule has 4 heterocycles. The number of nitrogens with one attached hydrogen (secondary N) is 2. The van der Waals surface area contributed by atoms with E-state index in [1.165, 1.54) is 13.8 Å². The SMILES string of the molecule is C[C@H](CCCC(=O)CC(=O)SCCNC(=O)CCNC(=O)[C@H](O)C(C)(C)COP(=O)(O)OP(=O)(O)OC[C@H]1O[C@@H](n2cnc3c(N)ncnc32)[C@H](O)[C@@H]1OP(=O)(O)O)O[C@@H]1O[C@@H](C)[C@H](O)C[C@H]1O. The Kier molecular flexibility index (Phi) is 21.2. The molecule has 12 N–H and O–H groups in total. The van der Waals surface area contributed by atoms with Gasteiger partial charge in [-0.1, -0.05) is 25.6 Å². The Morgan fingerprint density at radius 3 is 2.37 bits per heavy atom. The van der Waals surface area contributed by atoms with Crippen LogP contribution in [0, 0.1) is 5.41 Å². The number of thioether (sulfide) groups is 1. The van der Waals surface area contributed by atoms with Crippen LogP contribution in [0.2, 0.25) is 0 Å². The van der Waals surface area contributed by atoms with E-state index < -0.39 is 114 Å². The molecule has 2 fully saturated rings. The van der Waals surface area contributed by atoms with Crippen molar-refractivity contribution < 1.29 is 105 Å². The monoisotopic (exact) mass is 1050 g/mol. The van der Waals surface area contributed by atoms with Crippen LogP contribution in [0.5, 0.6) is 0 Å². The molecule has 2 unspecified atom stereocenters. The van der Waals surface area contributed by atoms with Gasteiger partial charge >= 0.3 is 23.5 Å². The number of rotatable bonds is 27. The molecule has 29 nitrogen and oxygen atoms in total. The number of amides is 2. The number of anilines is 1. The van der Waals surface area contributed by atoms with E-state index >= 15 is 0 Å². The van der Waals surface area contributed by atoms with Crippen molar-refractivity contribution in [2.45, 2.75) is 128 Å². The van der Waals surface area contributed by atoms with Gasteiger partial charge in [-0.05, 0) is 26.7 Å². The lowest BCUT2D eigenvalue weighted by molar-refractivity contribution is -0.273. The topological polar surface area (TPSA) is 440 Å². The van der Waals surface area contributed by atoms with Crippen molar-refractivity contribution in [3.63, 3.8) is 0 Å². The zero-order valence-corrected chi connectivity index (χ0v) is 40.6. The number of aliphatic hydroxyl groups is 4. The highest BCUT2D eigenvalue weighted by Gasteiger charge is 2.50. The molecule has 0 spiro atoms. The third kappa shape index (κ3) is 17.7. The molecule has 386 valence electrons. The molecule has 2 aromatic rings. The van der Waals surface area contributed by atoms with Crippen molar-refractivity contribution in [1.29, 1.82) is 0 Å². The zero-order valence-electron chi connectivity index (χ0n) is 37.1. The summed E-state index contributed by atoms with van der Waals surface area (Å²) in [5, 5.41) is 45.9. The number of carbonyl (C=O) groups is 4.